The highest BCUT2D eigenvalue weighted by atomic mass is 35.5. The Bertz CT molecular complexity index is 1260. The van der Waals surface area contributed by atoms with Gasteiger partial charge in [0.2, 0.25) is 6.79 Å². The van der Waals surface area contributed by atoms with Crippen LogP contribution in [0.1, 0.15) is 22.2 Å². The van der Waals surface area contributed by atoms with Gasteiger partial charge in [-0.1, -0.05) is 11.6 Å². The third kappa shape index (κ3) is 3.00. The monoisotopic (exact) mass is 432 g/mol. The number of pyridine rings is 1. The number of thiophene rings is 1. The van der Waals surface area contributed by atoms with Crippen LogP contribution in [0.4, 0.5) is 17.1 Å². The number of rotatable bonds is 4. The van der Waals surface area contributed by atoms with Gasteiger partial charge >= 0.3 is 5.97 Å². The van der Waals surface area contributed by atoms with Crippen LogP contribution in [0.15, 0.2) is 16.9 Å². The lowest BCUT2D eigenvalue weighted by molar-refractivity contribution is 0.0533. The van der Waals surface area contributed by atoms with Gasteiger partial charge in [0.25, 0.3) is 5.56 Å². The van der Waals surface area contributed by atoms with Gasteiger partial charge in [0, 0.05) is 0 Å². The lowest BCUT2D eigenvalue weighted by Gasteiger charge is -2.13. The number of halogens is 1. The molecule has 1 aliphatic rings. The molecule has 0 spiro atoms. The first kappa shape index (κ1) is 18.9. The summed E-state index contributed by atoms with van der Waals surface area (Å²) in [6, 6.07) is 5.10. The normalized spacial score (nSPS) is 12.0. The summed E-state index contributed by atoms with van der Waals surface area (Å²) in [7, 11) is 0. The number of hydrogen-bond acceptors (Lipinski definition) is 9. The fraction of sp³-hybridized carbons (Fsp3) is 0.167. The first-order chi connectivity index (χ1) is 14.0. The highest BCUT2D eigenvalue weighted by Crippen LogP contribution is 2.47. The summed E-state index contributed by atoms with van der Waals surface area (Å²) in [4.78, 5) is 27.7. The van der Waals surface area contributed by atoms with Crippen molar-refractivity contribution in [3.63, 3.8) is 0 Å². The van der Waals surface area contributed by atoms with Crippen molar-refractivity contribution in [2.45, 2.75) is 6.92 Å². The van der Waals surface area contributed by atoms with E-state index in [-0.39, 0.29) is 40.2 Å². The second-order valence-corrected chi connectivity index (χ2v) is 7.29. The van der Waals surface area contributed by atoms with Gasteiger partial charge in [-0.15, -0.1) is 11.3 Å². The first-order valence-electron chi connectivity index (χ1n) is 8.36. The molecule has 3 heterocycles. The molecule has 4 rings (SSSR count). The smallest absolute Gasteiger partial charge is 0.350 e. The molecule has 0 saturated carbocycles. The Morgan fingerprint density at radius 3 is 2.97 bits per heavy atom. The third-order valence-electron chi connectivity index (χ3n) is 4.21. The van der Waals surface area contributed by atoms with Crippen LogP contribution in [0.25, 0.3) is 10.2 Å². The fourth-order valence-corrected chi connectivity index (χ4v) is 4.17. The Morgan fingerprint density at radius 2 is 2.24 bits per heavy atom. The molecule has 2 aromatic heterocycles. The molecule has 29 heavy (non-hydrogen) atoms. The maximum absolute atomic E-state index is 12.5. The van der Waals surface area contributed by atoms with E-state index in [1.807, 2.05) is 6.07 Å². The highest BCUT2D eigenvalue weighted by molar-refractivity contribution is 7.21. The van der Waals surface area contributed by atoms with Gasteiger partial charge in [-0.05, 0) is 19.1 Å². The van der Waals surface area contributed by atoms with E-state index in [1.165, 1.54) is 0 Å². The summed E-state index contributed by atoms with van der Waals surface area (Å²) in [6.07, 6.45) is 0. The number of ether oxygens (including phenoxy) is 3. The zero-order valence-corrected chi connectivity index (χ0v) is 16.5. The molecule has 1 aliphatic heterocycles. The number of nitrogens with zero attached hydrogens (tertiary/aromatic N) is 1. The number of esters is 1. The summed E-state index contributed by atoms with van der Waals surface area (Å²) in [5.41, 5.74) is 5.85. The predicted molar refractivity (Wildman–Crippen MR) is 108 cm³/mol. The van der Waals surface area contributed by atoms with E-state index in [0.717, 1.165) is 11.3 Å². The average Bonchev–Trinajstić information content (AvgIpc) is 3.29. The van der Waals surface area contributed by atoms with Crippen molar-refractivity contribution < 1.29 is 19.0 Å². The number of nitrogens with one attached hydrogen (secondary N) is 2. The highest BCUT2D eigenvalue weighted by Gasteiger charge is 2.26. The lowest BCUT2D eigenvalue weighted by Crippen LogP contribution is -2.13. The van der Waals surface area contributed by atoms with Crippen molar-refractivity contribution in [1.82, 2.24) is 4.98 Å². The summed E-state index contributed by atoms with van der Waals surface area (Å²) in [5, 5.41) is 13.1. The zero-order chi connectivity index (χ0) is 20.7. The van der Waals surface area contributed by atoms with Gasteiger partial charge in [-0.25, -0.2) is 4.79 Å². The summed E-state index contributed by atoms with van der Waals surface area (Å²) in [6.45, 7) is 1.85. The fourth-order valence-electron chi connectivity index (χ4n) is 2.95. The number of fused-ring (bicyclic) bond motifs is 2. The van der Waals surface area contributed by atoms with E-state index < -0.39 is 11.5 Å². The number of benzene rings is 1. The molecule has 3 aromatic rings. The van der Waals surface area contributed by atoms with Crippen molar-refractivity contribution in [3.05, 3.63) is 37.9 Å². The second-order valence-electron chi connectivity index (χ2n) is 5.87. The topological polar surface area (TPSA) is 139 Å². The SMILES string of the molecule is CCOC(=O)c1sc2[nH]c(=O)c(C#N)c(Nc3c(Cl)ccc4c3OCO4)c2c1N. The molecule has 4 N–H and O–H groups in total. The maximum atomic E-state index is 12.5. The van der Waals surface area contributed by atoms with E-state index in [2.05, 4.69) is 10.3 Å². The molecule has 0 amide bonds. The van der Waals surface area contributed by atoms with Gasteiger partial charge in [-0.2, -0.15) is 5.26 Å². The minimum atomic E-state index is -0.639. The van der Waals surface area contributed by atoms with Crippen molar-refractivity contribution in [3.8, 4) is 17.6 Å². The van der Waals surface area contributed by atoms with Crippen LogP contribution >= 0.6 is 22.9 Å². The molecule has 0 radical (unpaired) electrons. The molecule has 0 fully saturated rings. The first-order valence-corrected chi connectivity index (χ1v) is 9.56. The number of carbonyl (C=O) groups is 1. The number of nitriles is 1. The van der Waals surface area contributed by atoms with Crippen LogP contribution in [-0.2, 0) is 4.74 Å². The summed E-state index contributed by atoms with van der Waals surface area (Å²) >= 11 is 7.28. The van der Waals surface area contributed by atoms with Crippen LogP contribution < -0.4 is 26.1 Å². The number of aromatic amines is 1. The van der Waals surface area contributed by atoms with Crippen LogP contribution in [0.2, 0.25) is 5.02 Å². The molecule has 11 heteroatoms. The Kier molecular flexibility index (Phi) is 4.70. The largest absolute Gasteiger partial charge is 0.462 e. The third-order valence-corrected chi connectivity index (χ3v) is 5.63. The molecule has 0 aliphatic carbocycles. The van der Waals surface area contributed by atoms with Crippen LogP contribution in [0, 0.1) is 11.3 Å². The van der Waals surface area contributed by atoms with E-state index in [1.54, 1.807) is 19.1 Å². The molecule has 9 nitrogen and oxygen atoms in total. The van der Waals surface area contributed by atoms with Gasteiger partial charge in [0.05, 0.1) is 28.4 Å². The van der Waals surface area contributed by atoms with Gasteiger partial charge in [0.1, 0.15) is 27.0 Å². The number of carbonyl (C=O) groups excluding carboxylic acids is 1. The number of anilines is 3. The standard InChI is InChI=1S/C18H13ClN4O5S/c1-2-26-18(25)15-11(21)10-12(7(5-20)16(24)23-17(10)29-15)22-13-8(19)3-4-9-14(13)28-6-27-9/h3-4H,2,6,21H2,1H3,(H2,22,23,24). The Labute approximate surface area is 172 Å². The molecule has 0 saturated heterocycles. The molecule has 0 atom stereocenters. The molecule has 0 bridgehead atoms. The predicted octanol–water partition coefficient (Wildman–Crippen LogP) is 3.35. The second kappa shape index (κ2) is 7.20. The average molecular weight is 433 g/mol. The van der Waals surface area contributed by atoms with E-state index >= 15 is 0 Å². The van der Waals surface area contributed by atoms with Crippen molar-refractivity contribution in [2.24, 2.45) is 0 Å². The Balaban J connectivity index is 1.97. The molecular formula is C18H13ClN4O5S. The molecule has 148 valence electrons. The van der Waals surface area contributed by atoms with Gasteiger partial charge in [0.15, 0.2) is 11.5 Å². The molecule has 1 aromatic carbocycles. The van der Waals surface area contributed by atoms with Crippen molar-refractivity contribution >= 4 is 56.2 Å². The van der Waals surface area contributed by atoms with E-state index in [9.17, 15) is 14.9 Å². The Hall–Kier alpha value is -3.42. The van der Waals surface area contributed by atoms with Crippen LogP contribution in [0.3, 0.4) is 0 Å². The van der Waals surface area contributed by atoms with Gasteiger partial charge in [-0.3, -0.25) is 4.79 Å². The Morgan fingerprint density at radius 1 is 1.45 bits per heavy atom. The van der Waals surface area contributed by atoms with Crippen molar-refractivity contribution in [2.75, 3.05) is 24.5 Å². The minimum absolute atomic E-state index is 0.00778. The number of nitrogen functional groups attached to an aromatic ring is 1. The lowest BCUT2D eigenvalue weighted by atomic mass is 10.1. The maximum Gasteiger partial charge on any atom is 0.350 e. The zero-order valence-electron chi connectivity index (χ0n) is 14.9. The number of aromatic nitrogens is 1. The van der Waals surface area contributed by atoms with Crippen molar-refractivity contribution in [1.29, 1.82) is 5.26 Å². The summed E-state index contributed by atoms with van der Waals surface area (Å²) < 4.78 is 15.8. The molecule has 0 unspecified atom stereocenters. The summed E-state index contributed by atoms with van der Waals surface area (Å²) in [5.74, 6) is 0.183. The quantitative estimate of drug-likeness (QED) is 0.533. The molecular weight excluding hydrogens is 420 g/mol. The number of nitrogens with two attached hydrogens (primary N) is 1. The van der Waals surface area contributed by atoms with Gasteiger partial charge < -0.3 is 30.2 Å². The minimum Gasteiger partial charge on any atom is -0.462 e. The van der Waals surface area contributed by atoms with Crippen LogP contribution in [-0.4, -0.2) is 24.4 Å². The van der Waals surface area contributed by atoms with Crippen LogP contribution in [0.5, 0.6) is 11.5 Å². The number of hydrogen-bond donors (Lipinski definition) is 3. The van der Waals surface area contributed by atoms with E-state index in [4.69, 9.17) is 31.5 Å². The van der Waals surface area contributed by atoms with E-state index in [0.29, 0.717) is 27.4 Å². The number of H-pyrrole nitrogens is 1.